The van der Waals surface area contributed by atoms with Gasteiger partial charge in [-0.15, -0.1) is 0 Å². The molecular formula is C33H80N2O4Si5. The molecule has 0 aliphatic rings. The van der Waals surface area contributed by atoms with E-state index in [0.717, 1.165) is 25.6 Å². The summed E-state index contributed by atoms with van der Waals surface area (Å²) in [5.74, 6) is 0. The van der Waals surface area contributed by atoms with Gasteiger partial charge in [-0.3, -0.25) is 0 Å². The molecule has 3 N–H and O–H groups in total. The second-order valence-electron chi connectivity index (χ2n) is 16.1. The Hall–Kier alpha value is 0.844. The quantitative estimate of drug-likeness (QED) is 0.0571. The van der Waals surface area contributed by atoms with Crippen molar-refractivity contribution in [1.29, 1.82) is 0 Å². The zero-order chi connectivity index (χ0) is 33.8. The van der Waals surface area contributed by atoms with Crippen molar-refractivity contribution in [3.8, 4) is 0 Å². The minimum absolute atomic E-state index is 0.431. The first kappa shape index (κ1) is 44.8. The first-order valence-corrected chi connectivity index (χ1v) is 33.1. The van der Waals surface area contributed by atoms with Crippen molar-refractivity contribution in [3.63, 3.8) is 0 Å². The molecule has 0 saturated heterocycles. The van der Waals surface area contributed by atoms with Gasteiger partial charge < -0.3 is 27.5 Å². The molecule has 44 heavy (non-hydrogen) atoms. The maximum Gasteiger partial charge on any atom is 0.318 e. The van der Waals surface area contributed by atoms with Gasteiger partial charge >= 0.3 is 25.7 Å². The van der Waals surface area contributed by atoms with Gasteiger partial charge in [0, 0.05) is 13.1 Å². The van der Waals surface area contributed by atoms with Gasteiger partial charge in [-0.2, -0.15) is 0 Å². The van der Waals surface area contributed by atoms with Crippen molar-refractivity contribution in [2.75, 3.05) is 19.6 Å². The average Bonchev–Trinajstić information content (AvgIpc) is 2.85. The fraction of sp³-hybridized carbons (Fsp3) is 1.00. The summed E-state index contributed by atoms with van der Waals surface area (Å²) >= 11 is 0. The van der Waals surface area contributed by atoms with Crippen LogP contribution < -0.4 is 11.1 Å². The highest BCUT2D eigenvalue weighted by molar-refractivity contribution is 6.91. The normalized spacial score (nSPS) is 16.6. The number of nitrogens with one attached hydrogen (secondary N) is 1. The Bertz CT molecular complexity index is 709. The molecular weight excluding hydrogens is 629 g/mol. The van der Waals surface area contributed by atoms with E-state index in [2.05, 4.69) is 84.6 Å². The van der Waals surface area contributed by atoms with E-state index in [9.17, 15) is 0 Å². The summed E-state index contributed by atoms with van der Waals surface area (Å²) in [5.41, 5.74) is 6.14. The summed E-state index contributed by atoms with van der Waals surface area (Å²) in [6.45, 7) is 29.9. The molecule has 0 amide bonds. The standard InChI is InChI=1S/C33H80N2O4Si5/c1-13-14-15-16-17-18-19-20-21-22-23-24-25-26-28-33(2)44(12,37-41(6,7)8)39-43(11,32-27-30-35-31-29-34)38-42(9,10)36-40(3,4)5/h33,35H,13-32,34H2,1-12H3. The summed E-state index contributed by atoms with van der Waals surface area (Å²) < 4.78 is 28.2. The SMILES string of the molecule is CCCCCCCCCCCCCCCCC(C)[Si](C)(O[Si](C)(C)C)O[Si](C)(CCCNCCN)O[Si](C)(C)O[Si](C)(C)C. The predicted octanol–water partition coefficient (Wildman–Crippen LogP) is 10.8. The van der Waals surface area contributed by atoms with Gasteiger partial charge in [-0.05, 0) is 96.4 Å². The van der Waals surface area contributed by atoms with Crippen LogP contribution in [-0.2, 0) is 16.5 Å². The molecule has 266 valence electrons. The van der Waals surface area contributed by atoms with Crippen LogP contribution in [0.1, 0.15) is 117 Å². The van der Waals surface area contributed by atoms with Crippen LogP contribution in [0.2, 0.25) is 77.1 Å². The Labute approximate surface area is 282 Å². The van der Waals surface area contributed by atoms with E-state index < -0.39 is 42.3 Å². The third-order valence-corrected chi connectivity index (χ3v) is 27.0. The molecule has 3 unspecified atom stereocenters. The van der Waals surface area contributed by atoms with Gasteiger partial charge in [-0.25, -0.2) is 0 Å². The van der Waals surface area contributed by atoms with Gasteiger partial charge in [0.2, 0.25) is 0 Å². The van der Waals surface area contributed by atoms with E-state index in [0.29, 0.717) is 12.1 Å². The van der Waals surface area contributed by atoms with Crippen molar-refractivity contribution in [3.05, 3.63) is 0 Å². The van der Waals surface area contributed by atoms with Crippen LogP contribution in [-0.4, -0.2) is 62.0 Å². The smallest absolute Gasteiger partial charge is 0.318 e. The van der Waals surface area contributed by atoms with E-state index in [4.69, 9.17) is 22.2 Å². The molecule has 0 saturated carbocycles. The summed E-state index contributed by atoms with van der Waals surface area (Å²) in [6, 6.07) is 0.944. The maximum absolute atomic E-state index is 7.38. The lowest BCUT2D eigenvalue weighted by Crippen LogP contribution is -2.61. The van der Waals surface area contributed by atoms with Gasteiger partial charge in [0.1, 0.15) is 0 Å². The molecule has 0 spiro atoms. The first-order valence-electron chi connectivity index (χ1n) is 18.6. The van der Waals surface area contributed by atoms with E-state index >= 15 is 0 Å². The zero-order valence-corrected chi connectivity index (χ0v) is 36.9. The molecule has 0 aromatic rings. The summed E-state index contributed by atoms with van der Waals surface area (Å²) in [4.78, 5) is 0. The highest BCUT2D eigenvalue weighted by Crippen LogP contribution is 2.37. The average molecular weight is 709 g/mol. The summed E-state index contributed by atoms with van der Waals surface area (Å²) in [5, 5.41) is 3.46. The summed E-state index contributed by atoms with van der Waals surface area (Å²) in [6.07, 6.45) is 21.7. The van der Waals surface area contributed by atoms with Crippen LogP contribution in [0.4, 0.5) is 0 Å². The number of unbranched alkanes of at least 4 members (excludes halogenated alkanes) is 13. The van der Waals surface area contributed by atoms with Crippen molar-refractivity contribution in [2.45, 2.75) is 194 Å². The third-order valence-electron chi connectivity index (χ3n) is 8.13. The van der Waals surface area contributed by atoms with E-state index in [1.54, 1.807) is 0 Å². The van der Waals surface area contributed by atoms with Gasteiger partial charge in [-0.1, -0.05) is 104 Å². The molecule has 0 bridgehead atoms. The second kappa shape index (κ2) is 23.2. The summed E-state index contributed by atoms with van der Waals surface area (Å²) in [7, 11) is -11.0. The Balaban J connectivity index is 5.09. The first-order chi connectivity index (χ1) is 20.4. The molecule has 0 aliphatic carbocycles. The Kier molecular flexibility index (Phi) is 23.7. The predicted molar refractivity (Wildman–Crippen MR) is 207 cm³/mol. The minimum Gasteiger partial charge on any atom is -0.437 e. The second-order valence-corrected chi connectivity index (χ2v) is 36.4. The van der Waals surface area contributed by atoms with Crippen LogP contribution in [0.15, 0.2) is 0 Å². The van der Waals surface area contributed by atoms with Crippen LogP contribution in [0.3, 0.4) is 0 Å². The lowest BCUT2D eigenvalue weighted by atomic mass is 10.0. The molecule has 0 radical (unpaired) electrons. The van der Waals surface area contributed by atoms with Crippen molar-refractivity contribution >= 4 is 42.3 Å². The maximum atomic E-state index is 7.38. The van der Waals surface area contributed by atoms with Gasteiger partial charge in [0.05, 0.1) is 0 Å². The fourth-order valence-corrected chi connectivity index (χ4v) is 30.3. The Morgan fingerprint density at radius 1 is 0.545 bits per heavy atom. The largest absolute Gasteiger partial charge is 0.437 e. The molecule has 0 heterocycles. The van der Waals surface area contributed by atoms with Crippen LogP contribution in [0.5, 0.6) is 0 Å². The van der Waals surface area contributed by atoms with E-state index in [-0.39, 0.29) is 0 Å². The van der Waals surface area contributed by atoms with Gasteiger partial charge in [0.25, 0.3) is 0 Å². The molecule has 3 atom stereocenters. The van der Waals surface area contributed by atoms with Crippen molar-refractivity contribution in [2.24, 2.45) is 5.73 Å². The van der Waals surface area contributed by atoms with Crippen LogP contribution in [0, 0.1) is 0 Å². The van der Waals surface area contributed by atoms with E-state index in [1.165, 1.54) is 96.3 Å². The van der Waals surface area contributed by atoms with Gasteiger partial charge in [0.15, 0.2) is 16.6 Å². The molecule has 11 heteroatoms. The molecule has 0 rings (SSSR count). The van der Waals surface area contributed by atoms with Crippen molar-refractivity contribution in [1.82, 2.24) is 5.32 Å². The fourth-order valence-electron chi connectivity index (χ4n) is 6.33. The molecule has 0 aromatic heterocycles. The lowest BCUT2D eigenvalue weighted by Gasteiger charge is -2.46. The number of nitrogens with two attached hydrogens (primary N) is 1. The number of hydrogen-bond donors (Lipinski definition) is 2. The number of hydrogen-bond acceptors (Lipinski definition) is 6. The molecule has 0 aromatic carbocycles. The molecule has 0 aliphatic heterocycles. The highest BCUT2D eigenvalue weighted by atomic mass is 28.5. The monoisotopic (exact) mass is 708 g/mol. The lowest BCUT2D eigenvalue weighted by molar-refractivity contribution is 0.278. The molecule has 0 fully saturated rings. The topological polar surface area (TPSA) is 75.0 Å². The molecule has 6 nitrogen and oxygen atoms in total. The van der Waals surface area contributed by atoms with E-state index in [1.807, 2.05) is 0 Å². The Morgan fingerprint density at radius 2 is 1.00 bits per heavy atom. The van der Waals surface area contributed by atoms with Crippen molar-refractivity contribution < 1.29 is 16.5 Å². The third kappa shape index (κ3) is 24.9. The minimum atomic E-state index is -2.58. The van der Waals surface area contributed by atoms with Crippen LogP contribution >= 0.6 is 0 Å². The zero-order valence-electron chi connectivity index (χ0n) is 31.9. The van der Waals surface area contributed by atoms with Crippen LogP contribution in [0.25, 0.3) is 0 Å². The number of rotatable bonds is 30. The Morgan fingerprint density at radius 3 is 1.43 bits per heavy atom. The highest BCUT2D eigenvalue weighted by Gasteiger charge is 2.51.